The van der Waals surface area contributed by atoms with Gasteiger partial charge < -0.3 is 14.8 Å². The molecule has 82 valence electrons. The molecule has 1 heterocycles. The van der Waals surface area contributed by atoms with Gasteiger partial charge in [0.2, 0.25) is 0 Å². The second-order valence-electron chi connectivity index (χ2n) is 3.33. The summed E-state index contributed by atoms with van der Waals surface area (Å²) in [5, 5.41) is 11.5. The monoisotopic (exact) mass is 209 g/mol. The van der Waals surface area contributed by atoms with Crippen molar-refractivity contribution in [3.05, 3.63) is 35.8 Å². The van der Waals surface area contributed by atoms with E-state index in [1.165, 1.54) is 6.08 Å². The van der Waals surface area contributed by atoms with E-state index in [2.05, 4.69) is 11.9 Å². The van der Waals surface area contributed by atoms with Gasteiger partial charge in [-0.15, -0.1) is 6.58 Å². The Hall–Kier alpha value is -1.55. The lowest BCUT2D eigenvalue weighted by atomic mass is 10.2. The third-order valence-electron chi connectivity index (χ3n) is 2.08. The van der Waals surface area contributed by atoms with Gasteiger partial charge in [0.05, 0.1) is 18.2 Å². The first-order valence-electron chi connectivity index (χ1n) is 4.69. The van der Waals surface area contributed by atoms with Gasteiger partial charge in [0.15, 0.2) is 0 Å². The van der Waals surface area contributed by atoms with Crippen molar-refractivity contribution in [2.45, 2.75) is 19.9 Å². The van der Waals surface area contributed by atoms with Gasteiger partial charge in [-0.25, -0.2) is 0 Å². The molecule has 1 aromatic heterocycles. The van der Waals surface area contributed by atoms with Crippen LogP contribution in [0.1, 0.15) is 21.9 Å². The molecule has 1 atom stereocenters. The minimum atomic E-state index is -0.424. The highest BCUT2D eigenvalue weighted by atomic mass is 16.3. The molecule has 0 spiro atoms. The van der Waals surface area contributed by atoms with Crippen molar-refractivity contribution in [2.24, 2.45) is 0 Å². The molecule has 0 radical (unpaired) electrons. The van der Waals surface area contributed by atoms with E-state index in [0.717, 1.165) is 0 Å². The number of aliphatic hydroxyl groups is 1. The van der Waals surface area contributed by atoms with E-state index in [0.29, 0.717) is 17.1 Å². The summed E-state index contributed by atoms with van der Waals surface area (Å²) in [5.74, 6) is 1.01. The largest absolute Gasteiger partial charge is 0.466 e. The first-order valence-corrected chi connectivity index (χ1v) is 4.69. The Labute approximate surface area is 88.6 Å². The Balaban J connectivity index is 2.76. The van der Waals surface area contributed by atoms with Gasteiger partial charge in [0, 0.05) is 0 Å². The average Bonchev–Trinajstić information content (AvgIpc) is 2.54. The third-order valence-corrected chi connectivity index (χ3v) is 2.08. The van der Waals surface area contributed by atoms with Crippen molar-refractivity contribution in [1.82, 2.24) is 5.32 Å². The highest BCUT2D eigenvalue weighted by molar-refractivity contribution is 5.95. The van der Waals surface area contributed by atoms with Crippen LogP contribution in [0, 0.1) is 13.8 Å². The summed E-state index contributed by atoms with van der Waals surface area (Å²) in [6.07, 6.45) is 1.49. The Morgan fingerprint density at radius 1 is 1.73 bits per heavy atom. The standard InChI is InChI=1S/C11H15NO3/c1-4-9(6-13)12-11(14)10-5-7(2)15-8(10)3/h4-5,9,13H,1,6H2,2-3H3,(H,12,14)/t9-/m0/s1. The predicted molar refractivity (Wildman–Crippen MR) is 56.7 cm³/mol. The first kappa shape index (κ1) is 11.5. The van der Waals surface area contributed by atoms with Gasteiger partial charge in [0.25, 0.3) is 5.91 Å². The molecule has 2 N–H and O–H groups in total. The fraction of sp³-hybridized carbons (Fsp3) is 0.364. The maximum atomic E-state index is 11.7. The number of aryl methyl sites for hydroxylation is 2. The van der Waals surface area contributed by atoms with Gasteiger partial charge in [-0.3, -0.25) is 4.79 Å². The van der Waals surface area contributed by atoms with Crippen LogP contribution in [0.25, 0.3) is 0 Å². The fourth-order valence-electron chi connectivity index (χ4n) is 1.28. The van der Waals surface area contributed by atoms with Crippen LogP contribution in [0.5, 0.6) is 0 Å². The lowest BCUT2D eigenvalue weighted by Crippen LogP contribution is -2.35. The third kappa shape index (κ3) is 2.70. The molecular formula is C11H15NO3. The molecule has 0 unspecified atom stereocenters. The molecule has 0 aromatic carbocycles. The zero-order chi connectivity index (χ0) is 11.4. The van der Waals surface area contributed by atoms with Crippen molar-refractivity contribution in [3.63, 3.8) is 0 Å². The Morgan fingerprint density at radius 2 is 2.40 bits per heavy atom. The lowest BCUT2D eigenvalue weighted by Gasteiger charge is -2.10. The molecule has 1 amide bonds. The molecule has 4 heteroatoms. The number of carbonyl (C=O) groups excluding carboxylic acids is 1. The molecule has 0 aliphatic heterocycles. The van der Waals surface area contributed by atoms with Gasteiger partial charge >= 0.3 is 0 Å². The van der Waals surface area contributed by atoms with Crippen LogP contribution in [-0.2, 0) is 0 Å². The highest BCUT2D eigenvalue weighted by Crippen LogP contribution is 2.13. The number of aliphatic hydroxyl groups excluding tert-OH is 1. The van der Waals surface area contributed by atoms with Crippen LogP contribution < -0.4 is 5.32 Å². The summed E-state index contributed by atoms with van der Waals surface area (Å²) in [4.78, 5) is 11.7. The van der Waals surface area contributed by atoms with Crippen molar-refractivity contribution in [3.8, 4) is 0 Å². The Morgan fingerprint density at radius 3 is 2.80 bits per heavy atom. The minimum absolute atomic E-state index is 0.162. The molecule has 0 saturated heterocycles. The predicted octanol–water partition coefficient (Wildman–Crippen LogP) is 1.17. The minimum Gasteiger partial charge on any atom is -0.466 e. The summed E-state index contributed by atoms with van der Waals surface area (Å²) in [5.41, 5.74) is 0.493. The summed E-state index contributed by atoms with van der Waals surface area (Å²) in [6.45, 7) is 6.85. The number of amides is 1. The molecule has 4 nitrogen and oxygen atoms in total. The lowest BCUT2D eigenvalue weighted by molar-refractivity contribution is 0.0928. The van der Waals surface area contributed by atoms with E-state index in [9.17, 15) is 4.79 Å². The number of hydrogen-bond acceptors (Lipinski definition) is 3. The second-order valence-corrected chi connectivity index (χ2v) is 3.33. The zero-order valence-corrected chi connectivity index (χ0v) is 8.91. The van der Waals surface area contributed by atoms with Crippen molar-refractivity contribution >= 4 is 5.91 Å². The van der Waals surface area contributed by atoms with Crippen molar-refractivity contribution < 1.29 is 14.3 Å². The number of rotatable bonds is 4. The molecular weight excluding hydrogens is 194 g/mol. The van der Waals surface area contributed by atoms with E-state index >= 15 is 0 Å². The molecule has 1 aromatic rings. The van der Waals surface area contributed by atoms with Crippen LogP contribution >= 0.6 is 0 Å². The van der Waals surface area contributed by atoms with Gasteiger partial charge in [-0.2, -0.15) is 0 Å². The normalized spacial score (nSPS) is 12.2. The van der Waals surface area contributed by atoms with Crippen LogP contribution in [-0.4, -0.2) is 23.7 Å². The van der Waals surface area contributed by atoms with E-state index in [1.54, 1.807) is 19.9 Å². The van der Waals surface area contributed by atoms with E-state index in [1.807, 2.05) is 0 Å². The molecule has 15 heavy (non-hydrogen) atoms. The number of nitrogens with one attached hydrogen (secondary N) is 1. The average molecular weight is 209 g/mol. The van der Waals surface area contributed by atoms with Crippen LogP contribution in [0.3, 0.4) is 0 Å². The Kier molecular flexibility index (Phi) is 3.68. The van der Waals surface area contributed by atoms with E-state index < -0.39 is 6.04 Å². The maximum absolute atomic E-state index is 11.7. The van der Waals surface area contributed by atoms with Crippen LogP contribution in [0.4, 0.5) is 0 Å². The topological polar surface area (TPSA) is 62.5 Å². The number of furan rings is 1. The number of carbonyl (C=O) groups is 1. The van der Waals surface area contributed by atoms with Crippen molar-refractivity contribution in [1.29, 1.82) is 0 Å². The van der Waals surface area contributed by atoms with Crippen molar-refractivity contribution in [2.75, 3.05) is 6.61 Å². The van der Waals surface area contributed by atoms with Gasteiger partial charge in [-0.1, -0.05) is 6.08 Å². The Bertz CT molecular complexity index is 368. The molecule has 0 aliphatic rings. The first-order chi connectivity index (χ1) is 7.08. The maximum Gasteiger partial charge on any atom is 0.255 e. The van der Waals surface area contributed by atoms with Crippen LogP contribution in [0.15, 0.2) is 23.1 Å². The molecule has 0 aliphatic carbocycles. The fourth-order valence-corrected chi connectivity index (χ4v) is 1.28. The zero-order valence-electron chi connectivity index (χ0n) is 8.91. The summed E-state index contributed by atoms with van der Waals surface area (Å²) < 4.78 is 5.24. The summed E-state index contributed by atoms with van der Waals surface area (Å²) >= 11 is 0. The quantitative estimate of drug-likeness (QED) is 0.732. The molecule has 0 fully saturated rings. The highest BCUT2D eigenvalue weighted by Gasteiger charge is 2.15. The second kappa shape index (κ2) is 4.79. The summed E-state index contributed by atoms with van der Waals surface area (Å²) in [7, 11) is 0. The van der Waals surface area contributed by atoms with Gasteiger partial charge in [0.1, 0.15) is 11.5 Å². The molecule has 0 bridgehead atoms. The van der Waals surface area contributed by atoms with Crippen LogP contribution in [0.2, 0.25) is 0 Å². The number of hydrogen-bond donors (Lipinski definition) is 2. The van der Waals surface area contributed by atoms with Gasteiger partial charge in [-0.05, 0) is 19.9 Å². The smallest absolute Gasteiger partial charge is 0.255 e. The molecule has 0 saturated carbocycles. The van der Waals surface area contributed by atoms with E-state index in [-0.39, 0.29) is 12.5 Å². The molecule has 1 rings (SSSR count). The van der Waals surface area contributed by atoms with E-state index in [4.69, 9.17) is 9.52 Å². The SMILES string of the molecule is C=C[C@@H](CO)NC(=O)c1cc(C)oc1C. The summed E-state index contributed by atoms with van der Waals surface area (Å²) in [6, 6.07) is 1.24.